The molecule has 0 saturated heterocycles. The normalized spacial score (nSPS) is 14.4. The summed E-state index contributed by atoms with van der Waals surface area (Å²) in [5.74, 6) is 1.23. The SMILES string of the molecule is CCCC(C)(CC)c1[nH]c(N)c(/C=C(\N)c2ccccc2OO)c1C(C)C. The largest absolute Gasteiger partial charge is 0.398 e. The molecule has 0 aliphatic heterocycles. The lowest BCUT2D eigenvalue weighted by Crippen LogP contribution is -2.23. The van der Waals surface area contributed by atoms with Gasteiger partial charge in [0, 0.05) is 27.9 Å². The Morgan fingerprint density at radius 3 is 2.52 bits per heavy atom. The molecular weight excluding hydrogens is 338 g/mol. The van der Waals surface area contributed by atoms with Gasteiger partial charge in [0.2, 0.25) is 0 Å². The summed E-state index contributed by atoms with van der Waals surface area (Å²) in [5.41, 5.74) is 17.2. The molecule has 2 aromatic rings. The molecule has 27 heavy (non-hydrogen) atoms. The van der Waals surface area contributed by atoms with Crippen LogP contribution in [0.5, 0.6) is 5.75 Å². The lowest BCUT2D eigenvalue weighted by Gasteiger charge is -2.29. The van der Waals surface area contributed by atoms with Gasteiger partial charge < -0.3 is 21.3 Å². The van der Waals surface area contributed by atoms with Crippen LogP contribution in [0.25, 0.3) is 11.8 Å². The van der Waals surface area contributed by atoms with Crippen LogP contribution in [0.4, 0.5) is 5.82 Å². The molecule has 0 saturated carbocycles. The first-order chi connectivity index (χ1) is 12.8. The average Bonchev–Trinajstić information content (AvgIpc) is 2.98. The maximum absolute atomic E-state index is 9.12. The van der Waals surface area contributed by atoms with Crippen LogP contribution in [-0.2, 0) is 5.41 Å². The van der Waals surface area contributed by atoms with E-state index in [0.717, 1.165) is 24.8 Å². The molecule has 1 aromatic carbocycles. The minimum Gasteiger partial charge on any atom is -0.398 e. The predicted octanol–water partition coefficient (Wildman–Crippen LogP) is 5.50. The molecule has 1 unspecified atom stereocenters. The van der Waals surface area contributed by atoms with Crippen molar-refractivity contribution in [3.05, 3.63) is 46.6 Å². The predicted molar refractivity (Wildman–Crippen MR) is 114 cm³/mol. The summed E-state index contributed by atoms with van der Waals surface area (Å²) in [6, 6.07) is 7.11. The molecule has 5 heteroatoms. The molecule has 2 rings (SSSR count). The van der Waals surface area contributed by atoms with Gasteiger partial charge in [0.05, 0.1) is 0 Å². The van der Waals surface area contributed by atoms with Crippen molar-refractivity contribution < 1.29 is 10.1 Å². The monoisotopic (exact) mass is 371 g/mol. The van der Waals surface area contributed by atoms with Crippen molar-refractivity contribution in [1.82, 2.24) is 4.98 Å². The number of H-pyrrole nitrogens is 1. The number of nitrogens with one attached hydrogen (secondary N) is 1. The molecule has 1 heterocycles. The van der Waals surface area contributed by atoms with E-state index in [1.807, 2.05) is 18.2 Å². The smallest absolute Gasteiger partial charge is 0.174 e. The Balaban J connectivity index is 2.64. The first-order valence-corrected chi connectivity index (χ1v) is 9.68. The van der Waals surface area contributed by atoms with Crippen molar-refractivity contribution in [2.24, 2.45) is 5.73 Å². The third-order valence-electron chi connectivity index (χ3n) is 5.47. The number of para-hydroxylation sites is 1. The zero-order valence-electron chi connectivity index (χ0n) is 17.1. The fourth-order valence-electron chi connectivity index (χ4n) is 3.83. The van der Waals surface area contributed by atoms with Gasteiger partial charge in [-0.1, -0.05) is 53.2 Å². The van der Waals surface area contributed by atoms with Gasteiger partial charge in [0.25, 0.3) is 0 Å². The van der Waals surface area contributed by atoms with Gasteiger partial charge >= 0.3 is 0 Å². The zero-order chi connectivity index (χ0) is 20.2. The van der Waals surface area contributed by atoms with E-state index in [0.29, 0.717) is 28.7 Å². The number of rotatable bonds is 8. The van der Waals surface area contributed by atoms with Crippen LogP contribution in [-0.4, -0.2) is 10.2 Å². The van der Waals surface area contributed by atoms with Gasteiger partial charge in [0.15, 0.2) is 5.75 Å². The lowest BCUT2D eigenvalue weighted by atomic mass is 9.76. The third kappa shape index (κ3) is 4.14. The van der Waals surface area contributed by atoms with Crippen molar-refractivity contribution in [1.29, 1.82) is 0 Å². The van der Waals surface area contributed by atoms with Crippen molar-refractivity contribution >= 4 is 17.6 Å². The Kier molecular flexibility index (Phi) is 6.60. The van der Waals surface area contributed by atoms with E-state index < -0.39 is 0 Å². The second kappa shape index (κ2) is 8.53. The molecule has 0 aliphatic carbocycles. The Morgan fingerprint density at radius 1 is 1.30 bits per heavy atom. The molecule has 0 amide bonds. The minimum atomic E-state index is 0.0371. The molecule has 1 atom stereocenters. The highest BCUT2D eigenvalue weighted by Gasteiger charge is 2.31. The number of anilines is 1. The van der Waals surface area contributed by atoms with E-state index in [1.165, 1.54) is 11.3 Å². The van der Waals surface area contributed by atoms with Gasteiger partial charge in [0.1, 0.15) is 5.82 Å². The fourth-order valence-corrected chi connectivity index (χ4v) is 3.83. The summed E-state index contributed by atoms with van der Waals surface area (Å²) in [6.07, 6.45) is 5.10. The van der Waals surface area contributed by atoms with E-state index in [4.69, 9.17) is 16.7 Å². The van der Waals surface area contributed by atoms with E-state index in [9.17, 15) is 0 Å². The number of benzene rings is 1. The first kappa shape index (κ1) is 20.9. The Labute approximate surface area is 162 Å². The van der Waals surface area contributed by atoms with Gasteiger partial charge in [-0.05, 0) is 42.5 Å². The Hall–Kier alpha value is -2.40. The van der Waals surface area contributed by atoms with E-state index in [2.05, 4.69) is 44.5 Å². The molecule has 0 aliphatic rings. The second-order valence-electron chi connectivity index (χ2n) is 7.75. The standard InChI is InChI=1S/C22H33N3O2/c1-6-12-22(5,7-2)20-19(14(3)4)16(21(24)25-20)13-17(23)15-10-8-9-11-18(15)27-26/h8-11,13-14,25-26H,6-7,12,23-24H2,1-5H3/b17-13-. The molecule has 0 spiro atoms. The van der Waals surface area contributed by atoms with Crippen LogP contribution in [0.15, 0.2) is 24.3 Å². The number of hydrogen-bond acceptors (Lipinski definition) is 4. The maximum atomic E-state index is 9.12. The van der Waals surface area contributed by atoms with Gasteiger partial charge in [-0.25, -0.2) is 5.26 Å². The summed E-state index contributed by atoms with van der Waals surface area (Å²) in [6.45, 7) is 11.1. The highest BCUT2D eigenvalue weighted by molar-refractivity contribution is 5.86. The van der Waals surface area contributed by atoms with Crippen LogP contribution >= 0.6 is 0 Å². The fraction of sp³-hybridized carbons (Fsp3) is 0.455. The zero-order valence-corrected chi connectivity index (χ0v) is 17.1. The number of nitrogens with two attached hydrogens (primary N) is 2. The molecule has 0 fully saturated rings. The summed E-state index contributed by atoms with van der Waals surface area (Å²) in [5, 5.41) is 9.12. The van der Waals surface area contributed by atoms with Crippen molar-refractivity contribution in [3.63, 3.8) is 0 Å². The molecular formula is C22H33N3O2. The van der Waals surface area contributed by atoms with Crippen molar-refractivity contribution in [2.45, 2.75) is 65.2 Å². The van der Waals surface area contributed by atoms with Gasteiger partial charge in [-0.3, -0.25) is 0 Å². The van der Waals surface area contributed by atoms with Gasteiger partial charge in [-0.2, -0.15) is 0 Å². The Morgan fingerprint density at radius 2 is 1.96 bits per heavy atom. The third-order valence-corrected chi connectivity index (χ3v) is 5.47. The average molecular weight is 372 g/mol. The first-order valence-electron chi connectivity index (χ1n) is 9.68. The second-order valence-corrected chi connectivity index (χ2v) is 7.75. The maximum Gasteiger partial charge on any atom is 0.174 e. The highest BCUT2D eigenvalue weighted by Crippen LogP contribution is 2.41. The Bertz CT molecular complexity index is 808. The molecule has 148 valence electrons. The molecule has 1 aromatic heterocycles. The topological polar surface area (TPSA) is 97.3 Å². The molecule has 0 radical (unpaired) electrons. The van der Waals surface area contributed by atoms with E-state index in [1.54, 1.807) is 12.1 Å². The van der Waals surface area contributed by atoms with Gasteiger partial charge in [-0.15, -0.1) is 0 Å². The summed E-state index contributed by atoms with van der Waals surface area (Å²) >= 11 is 0. The van der Waals surface area contributed by atoms with E-state index >= 15 is 0 Å². The van der Waals surface area contributed by atoms with Crippen LogP contribution in [0, 0.1) is 0 Å². The number of aromatic amines is 1. The summed E-state index contributed by atoms with van der Waals surface area (Å²) in [4.78, 5) is 7.91. The number of nitrogen functional groups attached to an aromatic ring is 1. The minimum absolute atomic E-state index is 0.0371. The van der Waals surface area contributed by atoms with E-state index in [-0.39, 0.29) is 5.41 Å². The molecule has 6 N–H and O–H groups in total. The van der Waals surface area contributed by atoms with Crippen LogP contribution < -0.4 is 16.4 Å². The number of aromatic nitrogens is 1. The molecule has 0 bridgehead atoms. The van der Waals surface area contributed by atoms with Crippen LogP contribution in [0.3, 0.4) is 0 Å². The van der Waals surface area contributed by atoms with Crippen LogP contribution in [0.2, 0.25) is 0 Å². The van der Waals surface area contributed by atoms with Crippen LogP contribution in [0.1, 0.15) is 82.2 Å². The lowest BCUT2D eigenvalue weighted by molar-refractivity contribution is -0.137. The summed E-state index contributed by atoms with van der Waals surface area (Å²) < 4.78 is 0. The summed E-state index contributed by atoms with van der Waals surface area (Å²) in [7, 11) is 0. The molecule has 5 nitrogen and oxygen atoms in total. The number of hydrogen-bond donors (Lipinski definition) is 4. The highest BCUT2D eigenvalue weighted by atomic mass is 17.1. The van der Waals surface area contributed by atoms with Crippen molar-refractivity contribution in [2.75, 3.05) is 5.73 Å². The quantitative estimate of drug-likeness (QED) is 0.364. The van der Waals surface area contributed by atoms with Crippen molar-refractivity contribution in [3.8, 4) is 5.75 Å².